The Morgan fingerprint density at radius 2 is 2.05 bits per heavy atom. The summed E-state index contributed by atoms with van der Waals surface area (Å²) in [6.07, 6.45) is 8.19. The van der Waals surface area contributed by atoms with Crippen molar-refractivity contribution in [3.05, 3.63) is 53.3 Å². The first-order valence-corrected chi connectivity index (χ1v) is 12.5. The Morgan fingerprint density at radius 3 is 2.66 bits per heavy atom. The molecule has 1 atom stereocenters. The molecule has 3 aromatic heterocycles. The Kier molecular flexibility index (Phi) is 7.78. The molecule has 0 spiro atoms. The van der Waals surface area contributed by atoms with E-state index < -0.39 is 23.1 Å². The molecular formula is C25H28BClFN8O2. The summed E-state index contributed by atoms with van der Waals surface area (Å²) in [4.78, 5) is 20.7. The zero-order valence-electron chi connectivity index (χ0n) is 21.5. The van der Waals surface area contributed by atoms with Gasteiger partial charge in [0.15, 0.2) is 17.5 Å². The number of carbonyl (C=O) groups is 1. The number of aromatic nitrogens is 4. The second-order valence-electron chi connectivity index (χ2n) is 10.2. The maximum Gasteiger partial charge on any atom is 0.395 e. The van der Waals surface area contributed by atoms with Crippen LogP contribution < -0.4 is 15.9 Å². The van der Waals surface area contributed by atoms with Gasteiger partial charge < -0.3 is 20.6 Å². The van der Waals surface area contributed by atoms with E-state index in [9.17, 15) is 10.1 Å². The van der Waals surface area contributed by atoms with Crippen molar-refractivity contribution in [3.63, 3.8) is 0 Å². The molecule has 3 aromatic rings. The smallest absolute Gasteiger partial charge is 0.395 e. The van der Waals surface area contributed by atoms with Crippen molar-refractivity contribution >= 4 is 42.4 Å². The van der Waals surface area contributed by atoms with Gasteiger partial charge in [0.1, 0.15) is 11.7 Å². The molecule has 10 nitrogen and oxygen atoms in total. The van der Waals surface area contributed by atoms with Gasteiger partial charge in [-0.3, -0.25) is 4.98 Å². The number of hydrogen-bond acceptors (Lipinski definition) is 8. The number of rotatable bonds is 8. The van der Waals surface area contributed by atoms with E-state index in [4.69, 9.17) is 16.3 Å². The van der Waals surface area contributed by atoms with Crippen molar-refractivity contribution in [3.8, 4) is 11.8 Å². The molecule has 4 rings (SSSR count). The lowest BCUT2D eigenvalue weighted by molar-refractivity contribution is 0.0567. The molecule has 38 heavy (non-hydrogen) atoms. The Morgan fingerprint density at radius 1 is 1.29 bits per heavy atom. The maximum absolute atomic E-state index is 15.1. The summed E-state index contributed by atoms with van der Waals surface area (Å²) in [6, 6.07) is 4.88. The van der Waals surface area contributed by atoms with Gasteiger partial charge in [-0.15, -0.1) is 0 Å². The molecule has 1 amide bonds. The molecule has 13 heteroatoms. The largest absolute Gasteiger partial charge is 0.445 e. The van der Waals surface area contributed by atoms with E-state index in [1.165, 1.54) is 6.20 Å². The molecule has 1 aliphatic rings. The van der Waals surface area contributed by atoms with Gasteiger partial charge in [-0.05, 0) is 58.0 Å². The van der Waals surface area contributed by atoms with Gasteiger partial charge >= 0.3 is 6.09 Å². The van der Waals surface area contributed by atoms with Crippen molar-refractivity contribution < 1.29 is 13.9 Å². The van der Waals surface area contributed by atoms with E-state index in [0.29, 0.717) is 16.4 Å². The summed E-state index contributed by atoms with van der Waals surface area (Å²) in [7, 11) is 1.65. The zero-order valence-corrected chi connectivity index (χ0v) is 22.3. The molecule has 3 N–H and O–H groups in total. The van der Waals surface area contributed by atoms with Gasteiger partial charge in [0, 0.05) is 11.7 Å². The van der Waals surface area contributed by atoms with Gasteiger partial charge in [0.25, 0.3) is 7.41 Å². The Hall–Kier alpha value is -3.85. The fraction of sp³-hybridized carbons (Fsp3) is 0.400. The van der Waals surface area contributed by atoms with Crippen LogP contribution in [-0.4, -0.2) is 44.4 Å². The van der Waals surface area contributed by atoms with E-state index in [-0.39, 0.29) is 23.0 Å². The van der Waals surface area contributed by atoms with Crippen LogP contribution in [0.2, 0.25) is 10.8 Å². The van der Waals surface area contributed by atoms with Crippen LogP contribution in [0.3, 0.4) is 0 Å². The minimum Gasteiger partial charge on any atom is -0.445 e. The Balaban J connectivity index is 1.53. The molecule has 0 saturated heterocycles. The zero-order chi connectivity index (χ0) is 27.5. The predicted molar refractivity (Wildman–Crippen MR) is 143 cm³/mol. The average molecular weight is 538 g/mol. The number of carbonyl (C=O) groups excluding carboxylic acids is 1. The number of ether oxygens (including phenoxy) is 1. The van der Waals surface area contributed by atoms with Gasteiger partial charge in [-0.1, -0.05) is 18.5 Å². The summed E-state index contributed by atoms with van der Waals surface area (Å²) < 4.78 is 21.9. The summed E-state index contributed by atoms with van der Waals surface area (Å²) in [5, 5.41) is 23.2. The van der Waals surface area contributed by atoms with Gasteiger partial charge in [-0.25, -0.2) is 18.9 Å². The first kappa shape index (κ1) is 27.2. The standard InChI is InChI=1S/C25H28BClFN8O2/c1-15(26-35-23(37)38-24(2,3)4)25(6-5-7-25)34-22-20(28)8-16(10-29)21(33-22)32-18-9-19(13-30-12-18)36-14-17(27)11-31-36/h8-9,11-15H,5-7H2,1-4H3,(H,35,37)(H2,32,33,34)/t15-/m0/s1. The van der Waals surface area contributed by atoms with E-state index in [1.54, 1.807) is 57.5 Å². The number of hydrogen-bond donors (Lipinski definition) is 3. The first-order chi connectivity index (χ1) is 18.0. The number of pyridine rings is 2. The molecule has 197 valence electrons. The van der Waals surface area contributed by atoms with Crippen molar-refractivity contribution in [1.29, 1.82) is 5.26 Å². The molecule has 0 unspecified atom stereocenters. The van der Waals surface area contributed by atoms with Crippen LogP contribution in [0.5, 0.6) is 0 Å². The molecule has 1 saturated carbocycles. The molecule has 1 fully saturated rings. The SMILES string of the molecule is C[C@H]([B]NC(=O)OC(C)(C)C)C1(Nc2nc(Nc3cncc(-n4cc(Cl)cn4)c3)c(C#N)cc2F)CCC1. The van der Waals surface area contributed by atoms with E-state index in [1.807, 2.05) is 13.0 Å². The minimum atomic E-state index is -0.649. The number of nitriles is 1. The quantitative estimate of drug-likeness (QED) is 0.328. The number of anilines is 3. The molecule has 1 radical (unpaired) electrons. The van der Waals surface area contributed by atoms with Gasteiger partial charge in [0.05, 0.1) is 40.6 Å². The first-order valence-electron chi connectivity index (χ1n) is 12.1. The summed E-state index contributed by atoms with van der Waals surface area (Å²) >= 11 is 5.97. The molecule has 0 bridgehead atoms. The van der Waals surface area contributed by atoms with Crippen molar-refractivity contribution in [1.82, 2.24) is 25.0 Å². The normalized spacial score (nSPS) is 15.0. The van der Waals surface area contributed by atoms with Crippen molar-refractivity contribution in [2.45, 2.75) is 63.9 Å². The van der Waals surface area contributed by atoms with Crippen LogP contribution in [0.4, 0.5) is 26.5 Å². The number of nitrogens with one attached hydrogen (secondary N) is 3. The second-order valence-corrected chi connectivity index (χ2v) is 10.7. The van der Waals surface area contributed by atoms with Crippen LogP contribution in [0.25, 0.3) is 5.69 Å². The molecule has 3 heterocycles. The molecular weight excluding hydrogens is 510 g/mol. The highest BCUT2D eigenvalue weighted by molar-refractivity contribution is 6.39. The monoisotopic (exact) mass is 537 g/mol. The van der Waals surface area contributed by atoms with E-state index in [0.717, 1.165) is 25.3 Å². The summed E-state index contributed by atoms with van der Waals surface area (Å²) in [5.41, 5.74) is 0.0603. The second kappa shape index (κ2) is 10.9. The van der Waals surface area contributed by atoms with Gasteiger partial charge in [-0.2, -0.15) is 10.4 Å². The average Bonchev–Trinajstić information content (AvgIpc) is 3.27. The van der Waals surface area contributed by atoms with Gasteiger partial charge in [0.2, 0.25) is 0 Å². The number of nitrogens with zero attached hydrogens (tertiary/aromatic N) is 5. The number of amides is 1. The molecule has 0 aromatic carbocycles. The van der Waals surface area contributed by atoms with Crippen LogP contribution >= 0.6 is 11.6 Å². The highest BCUT2D eigenvalue weighted by atomic mass is 35.5. The van der Waals surface area contributed by atoms with Crippen LogP contribution in [0.1, 0.15) is 52.5 Å². The summed E-state index contributed by atoms with van der Waals surface area (Å²) in [5.74, 6) is -0.638. The fourth-order valence-electron chi connectivity index (χ4n) is 4.11. The Labute approximate surface area is 226 Å². The minimum absolute atomic E-state index is 0.00619. The topological polar surface area (TPSA) is 130 Å². The van der Waals surface area contributed by atoms with Crippen molar-refractivity contribution in [2.75, 3.05) is 10.6 Å². The highest BCUT2D eigenvalue weighted by Crippen LogP contribution is 2.44. The van der Waals surface area contributed by atoms with Crippen LogP contribution in [0.15, 0.2) is 36.9 Å². The maximum atomic E-state index is 15.1. The van der Waals surface area contributed by atoms with Crippen LogP contribution in [0, 0.1) is 17.1 Å². The molecule has 0 aliphatic heterocycles. The lowest BCUT2D eigenvalue weighted by Gasteiger charge is -2.47. The number of halogens is 2. The lowest BCUT2D eigenvalue weighted by Crippen LogP contribution is -2.52. The third-order valence-corrected chi connectivity index (χ3v) is 6.43. The lowest BCUT2D eigenvalue weighted by atomic mass is 9.57. The third kappa shape index (κ3) is 6.34. The molecule has 1 aliphatic carbocycles. The summed E-state index contributed by atoms with van der Waals surface area (Å²) in [6.45, 7) is 7.29. The Bertz CT molecular complexity index is 1370. The van der Waals surface area contributed by atoms with E-state index in [2.05, 4.69) is 30.9 Å². The third-order valence-electron chi connectivity index (χ3n) is 6.23. The van der Waals surface area contributed by atoms with E-state index >= 15 is 4.39 Å². The predicted octanol–water partition coefficient (Wildman–Crippen LogP) is 5.36. The van der Waals surface area contributed by atoms with Crippen LogP contribution in [-0.2, 0) is 4.74 Å². The highest BCUT2D eigenvalue weighted by Gasteiger charge is 2.43. The van der Waals surface area contributed by atoms with Crippen molar-refractivity contribution in [2.24, 2.45) is 0 Å². The fourth-order valence-corrected chi connectivity index (χ4v) is 4.24.